The number of ketones is 1. The molecule has 0 saturated heterocycles. The Morgan fingerprint density at radius 1 is 1.11 bits per heavy atom. The Kier molecular flexibility index (Phi) is 8.10. The topological polar surface area (TPSA) is 47.8 Å². The van der Waals surface area contributed by atoms with Crippen molar-refractivity contribution < 1.29 is 4.79 Å². The lowest BCUT2D eigenvalue weighted by molar-refractivity contribution is 0.101. The Labute approximate surface area is 109 Å². The zero-order valence-corrected chi connectivity index (χ0v) is 11.7. The van der Waals surface area contributed by atoms with Gasteiger partial charge in [-0.05, 0) is 25.1 Å². The molecule has 2 aromatic rings. The van der Waals surface area contributed by atoms with Crippen LogP contribution < -0.4 is 0 Å². The molecular formula is C14H21N3O. The summed E-state index contributed by atoms with van der Waals surface area (Å²) in [7, 11) is 0. The van der Waals surface area contributed by atoms with Crippen LogP contribution in [0.3, 0.4) is 0 Å². The van der Waals surface area contributed by atoms with Gasteiger partial charge in [-0.1, -0.05) is 27.7 Å². The molecule has 0 aliphatic rings. The van der Waals surface area contributed by atoms with E-state index in [1.807, 2.05) is 27.7 Å². The summed E-state index contributed by atoms with van der Waals surface area (Å²) in [5.74, 6) is 0.564. The van der Waals surface area contributed by atoms with Gasteiger partial charge in [-0.25, -0.2) is 9.67 Å². The average Bonchev–Trinajstić information content (AvgIpc) is 2.97. The summed E-state index contributed by atoms with van der Waals surface area (Å²) in [5, 5.41) is 4.03. The Morgan fingerprint density at radius 2 is 1.78 bits per heavy atom. The number of nitrogens with zero attached hydrogens (tertiary/aromatic N) is 3. The fraction of sp³-hybridized carbons (Fsp3) is 0.357. The molecule has 2 rings (SSSR count). The summed E-state index contributed by atoms with van der Waals surface area (Å²) >= 11 is 0. The highest BCUT2D eigenvalue weighted by Gasteiger charge is 2.08. The second-order valence-corrected chi connectivity index (χ2v) is 2.88. The van der Waals surface area contributed by atoms with Gasteiger partial charge in [0.25, 0.3) is 0 Å². The van der Waals surface area contributed by atoms with Crippen molar-refractivity contribution in [1.82, 2.24) is 14.8 Å². The third-order valence-corrected chi connectivity index (χ3v) is 1.89. The molecular weight excluding hydrogens is 226 g/mol. The minimum absolute atomic E-state index is 0.0106. The van der Waals surface area contributed by atoms with Crippen molar-refractivity contribution in [2.24, 2.45) is 0 Å². The van der Waals surface area contributed by atoms with Crippen LogP contribution in [0.25, 0.3) is 5.82 Å². The number of hydrogen-bond donors (Lipinski definition) is 0. The predicted octanol–water partition coefficient (Wildman–Crippen LogP) is 3.52. The predicted molar refractivity (Wildman–Crippen MR) is 74.1 cm³/mol. The van der Waals surface area contributed by atoms with Crippen LogP contribution in [0.2, 0.25) is 0 Å². The van der Waals surface area contributed by atoms with Crippen LogP contribution in [0.1, 0.15) is 45.0 Å². The number of carbonyl (C=O) groups excluding carboxylic acids is 1. The summed E-state index contributed by atoms with van der Waals surface area (Å²) in [4.78, 5) is 15.4. The highest BCUT2D eigenvalue weighted by atomic mass is 16.1. The van der Waals surface area contributed by atoms with Gasteiger partial charge in [0, 0.05) is 18.6 Å². The second-order valence-electron chi connectivity index (χ2n) is 2.88. The molecule has 4 nitrogen and oxygen atoms in total. The fourth-order valence-electron chi connectivity index (χ4n) is 1.25. The first-order valence-electron chi connectivity index (χ1n) is 6.25. The largest absolute Gasteiger partial charge is 0.294 e. The van der Waals surface area contributed by atoms with Gasteiger partial charge in [0.15, 0.2) is 11.6 Å². The van der Waals surface area contributed by atoms with Gasteiger partial charge in [-0.2, -0.15) is 5.10 Å². The van der Waals surface area contributed by atoms with E-state index in [-0.39, 0.29) is 5.78 Å². The van der Waals surface area contributed by atoms with E-state index in [4.69, 9.17) is 0 Å². The molecule has 0 fully saturated rings. The molecule has 0 spiro atoms. The van der Waals surface area contributed by atoms with Gasteiger partial charge in [0.05, 0.1) is 5.56 Å². The maximum absolute atomic E-state index is 11.3. The lowest BCUT2D eigenvalue weighted by atomic mass is 10.2. The van der Waals surface area contributed by atoms with Gasteiger partial charge in [-0.3, -0.25) is 4.79 Å². The van der Waals surface area contributed by atoms with Crippen LogP contribution in [-0.4, -0.2) is 20.5 Å². The summed E-state index contributed by atoms with van der Waals surface area (Å²) in [6.45, 7) is 9.52. The van der Waals surface area contributed by atoms with Gasteiger partial charge >= 0.3 is 0 Å². The summed E-state index contributed by atoms with van der Waals surface area (Å²) in [6.07, 6.45) is 5.05. The lowest BCUT2D eigenvalue weighted by Crippen LogP contribution is -2.05. The number of rotatable bonds is 2. The van der Waals surface area contributed by atoms with Crippen molar-refractivity contribution >= 4 is 5.78 Å². The fourth-order valence-corrected chi connectivity index (χ4v) is 1.25. The summed E-state index contributed by atoms with van der Waals surface area (Å²) in [6, 6.07) is 5.27. The van der Waals surface area contributed by atoms with Crippen LogP contribution in [0.15, 0.2) is 36.8 Å². The normalized spacial score (nSPS) is 8.50. The third kappa shape index (κ3) is 4.13. The standard InChI is InChI=1S/C10H9N3O.2C2H6/c1-8(14)9-4-2-5-11-10(9)13-7-3-6-12-13;2*1-2/h2-7H,1H3;2*1-2H3. The molecule has 0 atom stereocenters. The van der Waals surface area contributed by atoms with Gasteiger partial charge in [0.1, 0.15) is 0 Å². The molecule has 18 heavy (non-hydrogen) atoms. The SMILES string of the molecule is CC.CC.CC(=O)c1cccnc1-n1cccn1. The molecule has 98 valence electrons. The lowest BCUT2D eigenvalue weighted by Gasteiger charge is -2.04. The minimum Gasteiger partial charge on any atom is -0.294 e. The maximum Gasteiger partial charge on any atom is 0.164 e. The first-order valence-corrected chi connectivity index (χ1v) is 6.25. The van der Waals surface area contributed by atoms with Crippen LogP contribution in [0.4, 0.5) is 0 Å². The molecule has 0 radical (unpaired) electrons. The highest BCUT2D eigenvalue weighted by Crippen LogP contribution is 2.10. The van der Waals surface area contributed by atoms with Crippen molar-refractivity contribution in [3.63, 3.8) is 0 Å². The van der Waals surface area contributed by atoms with E-state index < -0.39 is 0 Å². The molecule has 0 N–H and O–H groups in total. The van der Waals surface area contributed by atoms with Crippen LogP contribution in [0.5, 0.6) is 0 Å². The van der Waals surface area contributed by atoms with E-state index in [0.29, 0.717) is 11.4 Å². The number of aromatic nitrogens is 3. The minimum atomic E-state index is -0.0106. The number of Topliss-reactive ketones (excluding diaryl/α,β-unsaturated/α-hetero) is 1. The van der Waals surface area contributed by atoms with Crippen molar-refractivity contribution in [2.45, 2.75) is 34.6 Å². The Balaban J connectivity index is 0.000000659. The zero-order chi connectivity index (χ0) is 14.0. The third-order valence-electron chi connectivity index (χ3n) is 1.89. The molecule has 0 bridgehead atoms. The zero-order valence-electron chi connectivity index (χ0n) is 11.7. The maximum atomic E-state index is 11.3. The Hall–Kier alpha value is -1.97. The highest BCUT2D eigenvalue weighted by molar-refractivity contribution is 5.96. The smallest absolute Gasteiger partial charge is 0.164 e. The van der Waals surface area contributed by atoms with Crippen molar-refractivity contribution in [3.8, 4) is 5.82 Å². The molecule has 0 saturated carbocycles. The van der Waals surface area contributed by atoms with E-state index in [0.717, 1.165) is 0 Å². The first kappa shape index (κ1) is 16.0. The van der Waals surface area contributed by atoms with Crippen LogP contribution in [0, 0.1) is 0 Å². The number of pyridine rings is 1. The van der Waals surface area contributed by atoms with Crippen molar-refractivity contribution in [2.75, 3.05) is 0 Å². The number of carbonyl (C=O) groups is 1. The monoisotopic (exact) mass is 247 g/mol. The van der Waals surface area contributed by atoms with E-state index in [2.05, 4.69) is 10.1 Å². The Morgan fingerprint density at radius 3 is 2.28 bits per heavy atom. The molecule has 2 aromatic heterocycles. The van der Waals surface area contributed by atoms with E-state index in [9.17, 15) is 4.79 Å². The van der Waals surface area contributed by atoms with Crippen molar-refractivity contribution in [1.29, 1.82) is 0 Å². The molecule has 0 aromatic carbocycles. The van der Waals surface area contributed by atoms with Crippen LogP contribution >= 0.6 is 0 Å². The molecule has 0 aliphatic heterocycles. The van der Waals surface area contributed by atoms with Crippen LogP contribution in [-0.2, 0) is 0 Å². The first-order chi connectivity index (χ1) is 8.79. The molecule has 2 heterocycles. The van der Waals surface area contributed by atoms with Crippen molar-refractivity contribution in [3.05, 3.63) is 42.4 Å². The second kappa shape index (κ2) is 9.10. The Bertz CT molecular complexity index is 450. The summed E-state index contributed by atoms with van der Waals surface area (Å²) in [5.41, 5.74) is 0.580. The van der Waals surface area contributed by atoms with E-state index in [1.54, 1.807) is 41.5 Å². The molecule has 0 amide bonds. The van der Waals surface area contributed by atoms with Gasteiger partial charge < -0.3 is 0 Å². The molecule has 0 unspecified atom stereocenters. The van der Waals surface area contributed by atoms with E-state index in [1.165, 1.54) is 6.92 Å². The quantitative estimate of drug-likeness (QED) is 0.763. The van der Waals surface area contributed by atoms with Gasteiger partial charge in [-0.15, -0.1) is 0 Å². The average molecular weight is 247 g/mol. The molecule has 4 heteroatoms. The van der Waals surface area contributed by atoms with Gasteiger partial charge in [0.2, 0.25) is 0 Å². The summed E-state index contributed by atoms with van der Waals surface area (Å²) < 4.78 is 1.58. The number of hydrogen-bond acceptors (Lipinski definition) is 3. The van der Waals surface area contributed by atoms with E-state index >= 15 is 0 Å². The molecule has 0 aliphatic carbocycles.